The average molecular weight is 437 g/mol. The van der Waals surface area contributed by atoms with Crippen LogP contribution < -0.4 is 10.0 Å². The van der Waals surface area contributed by atoms with Crippen LogP contribution in [0.25, 0.3) is 0 Å². The van der Waals surface area contributed by atoms with Gasteiger partial charge in [-0.3, -0.25) is 10.1 Å². The Bertz CT molecular complexity index is 1040. The smallest absolute Gasteiger partial charge is 0.269 e. The molecule has 146 valence electrons. The van der Waals surface area contributed by atoms with Gasteiger partial charge in [0.25, 0.3) is 15.9 Å². The van der Waals surface area contributed by atoms with Crippen LogP contribution in [0.4, 0.5) is 5.13 Å². The summed E-state index contributed by atoms with van der Waals surface area (Å²) >= 11 is 6.58. The van der Waals surface area contributed by atoms with Crippen LogP contribution in [-0.4, -0.2) is 31.1 Å². The summed E-state index contributed by atoms with van der Waals surface area (Å²) in [7, 11) is -3.77. The molecule has 0 unspecified atom stereocenters. The monoisotopic (exact) mass is 436 g/mol. The number of nitrogens with zero attached hydrogens (tertiary/aromatic N) is 2. The summed E-state index contributed by atoms with van der Waals surface area (Å²) in [5, 5.41) is 10.5. The van der Waals surface area contributed by atoms with Crippen LogP contribution in [0, 0.1) is 0 Å². The fourth-order valence-electron chi connectivity index (χ4n) is 2.34. The van der Waals surface area contributed by atoms with Crippen molar-refractivity contribution in [3.63, 3.8) is 0 Å². The number of aromatic nitrogens is 2. The molecule has 1 aromatic heterocycles. The fraction of sp³-hybridized carbons (Fsp3) is 0.167. The number of hydrogen-bond donors (Lipinski definition) is 2. The maximum Gasteiger partial charge on any atom is 0.269 e. The molecule has 0 aliphatic carbocycles. The number of carbonyl (C=O) groups excluding carboxylic acids is 1. The van der Waals surface area contributed by atoms with Crippen molar-refractivity contribution in [1.29, 1.82) is 0 Å². The number of rotatable bonds is 8. The summed E-state index contributed by atoms with van der Waals surface area (Å²) in [6, 6.07) is 16.1. The third-order valence-electron chi connectivity index (χ3n) is 3.74. The molecule has 2 N–H and O–H groups in total. The molecule has 0 bridgehead atoms. The molecule has 1 heterocycles. The van der Waals surface area contributed by atoms with E-state index >= 15 is 0 Å². The molecule has 1 amide bonds. The summed E-state index contributed by atoms with van der Waals surface area (Å²) in [5.41, 5.74) is 1.52. The lowest BCUT2D eigenvalue weighted by atomic mass is 10.1. The molecule has 0 saturated carbocycles. The molecule has 3 aromatic rings. The lowest BCUT2D eigenvalue weighted by molar-refractivity contribution is 0.102. The molecule has 0 radical (unpaired) electrons. The van der Waals surface area contributed by atoms with E-state index in [0.29, 0.717) is 17.0 Å². The molecule has 28 heavy (non-hydrogen) atoms. The molecule has 0 saturated heterocycles. The topological polar surface area (TPSA) is 101 Å². The Balaban J connectivity index is 1.54. The highest BCUT2D eigenvalue weighted by atomic mass is 35.5. The van der Waals surface area contributed by atoms with Crippen LogP contribution in [0.1, 0.15) is 22.3 Å². The zero-order chi connectivity index (χ0) is 20.0. The zero-order valence-electron chi connectivity index (χ0n) is 14.6. The maximum atomic E-state index is 12.3. The molecule has 0 aliphatic rings. The first-order chi connectivity index (χ1) is 13.4. The van der Waals surface area contributed by atoms with Crippen LogP contribution in [-0.2, 0) is 16.4 Å². The summed E-state index contributed by atoms with van der Waals surface area (Å²) in [6.45, 7) is 0.281. The van der Waals surface area contributed by atoms with Crippen molar-refractivity contribution in [3.05, 3.63) is 70.7 Å². The Morgan fingerprint density at radius 3 is 2.46 bits per heavy atom. The Morgan fingerprint density at radius 2 is 1.75 bits per heavy atom. The number of halogens is 1. The van der Waals surface area contributed by atoms with Crippen LogP contribution >= 0.6 is 22.9 Å². The first-order valence-electron chi connectivity index (χ1n) is 8.38. The lowest BCUT2D eigenvalue weighted by Gasteiger charge is -2.04. The van der Waals surface area contributed by atoms with E-state index in [2.05, 4.69) is 20.2 Å². The minimum Gasteiger partial charge on any atom is -0.296 e. The third kappa shape index (κ3) is 5.59. The van der Waals surface area contributed by atoms with E-state index in [1.54, 1.807) is 24.3 Å². The van der Waals surface area contributed by atoms with Crippen molar-refractivity contribution < 1.29 is 13.2 Å². The molecule has 0 spiro atoms. The molecule has 0 fully saturated rings. The van der Waals surface area contributed by atoms with Gasteiger partial charge in [0.15, 0.2) is 0 Å². The van der Waals surface area contributed by atoms with Gasteiger partial charge in [-0.2, -0.15) is 0 Å². The Labute approximate surface area is 171 Å². The van der Waals surface area contributed by atoms with Gasteiger partial charge in [0.2, 0.25) is 9.47 Å². The highest BCUT2D eigenvalue weighted by Gasteiger charge is 2.20. The zero-order valence-corrected chi connectivity index (χ0v) is 17.0. The van der Waals surface area contributed by atoms with Crippen molar-refractivity contribution >= 4 is 44.0 Å². The number of hydrogen-bond acceptors (Lipinski definition) is 6. The second-order valence-corrected chi connectivity index (χ2v) is 9.18. The summed E-state index contributed by atoms with van der Waals surface area (Å²) in [6.07, 6.45) is 1.42. The van der Waals surface area contributed by atoms with E-state index in [-0.39, 0.29) is 16.0 Å². The molecule has 3 rings (SSSR count). The largest absolute Gasteiger partial charge is 0.296 e. The number of amides is 1. The molecule has 0 aliphatic heterocycles. The first kappa shape index (κ1) is 20.4. The quantitative estimate of drug-likeness (QED) is 0.416. The maximum absolute atomic E-state index is 12.3. The van der Waals surface area contributed by atoms with Gasteiger partial charge in [0, 0.05) is 17.1 Å². The van der Waals surface area contributed by atoms with Crippen molar-refractivity contribution in [2.75, 3.05) is 11.9 Å². The molecule has 7 nitrogen and oxygen atoms in total. The van der Waals surface area contributed by atoms with E-state index in [9.17, 15) is 13.2 Å². The van der Waals surface area contributed by atoms with E-state index in [0.717, 1.165) is 23.3 Å². The number of sulfonamides is 1. The fourth-order valence-corrected chi connectivity index (χ4v) is 4.48. The van der Waals surface area contributed by atoms with Crippen molar-refractivity contribution in [2.24, 2.45) is 0 Å². The summed E-state index contributed by atoms with van der Waals surface area (Å²) < 4.78 is 26.9. The summed E-state index contributed by atoms with van der Waals surface area (Å²) in [5.74, 6) is -0.424. The Hall–Kier alpha value is -2.33. The number of aryl methyl sites for hydroxylation is 1. The predicted octanol–water partition coefficient (Wildman–Crippen LogP) is 3.35. The highest BCUT2D eigenvalue weighted by molar-refractivity contribution is 7.91. The lowest BCUT2D eigenvalue weighted by Crippen LogP contribution is -2.25. The minimum absolute atomic E-state index is 0.101. The van der Waals surface area contributed by atoms with E-state index < -0.39 is 15.9 Å². The standard InChI is InChI=1S/C18H17ClN4O3S2/c19-15-10-8-14(9-11-15)16(24)21-17-22-23-18(27-17)28(25,26)20-12-4-7-13-5-2-1-3-6-13/h1-3,5-6,8-11,20H,4,7,12H2,(H,21,22,24). The second-order valence-electron chi connectivity index (χ2n) is 5.82. The average Bonchev–Trinajstić information content (AvgIpc) is 3.16. The van der Waals surface area contributed by atoms with Crippen LogP contribution in [0.3, 0.4) is 0 Å². The van der Waals surface area contributed by atoms with Crippen molar-refractivity contribution in [1.82, 2.24) is 14.9 Å². The minimum atomic E-state index is -3.77. The van der Waals surface area contributed by atoms with Crippen molar-refractivity contribution in [3.8, 4) is 0 Å². The van der Waals surface area contributed by atoms with E-state index in [1.165, 1.54) is 0 Å². The molecule has 10 heteroatoms. The van der Waals surface area contributed by atoms with Gasteiger partial charge >= 0.3 is 0 Å². The van der Waals surface area contributed by atoms with E-state index in [1.807, 2.05) is 30.3 Å². The third-order valence-corrected chi connectivity index (χ3v) is 6.66. The summed E-state index contributed by atoms with van der Waals surface area (Å²) in [4.78, 5) is 12.1. The number of benzene rings is 2. The van der Waals surface area contributed by atoms with Gasteiger partial charge < -0.3 is 0 Å². The SMILES string of the molecule is O=C(Nc1nnc(S(=O)(=O)NCCCc2ccccc2)s1)c1ccc(Cl)cc1. The first-order valence-corrected chi connectivity index (χ1v) is 11.1. The Kier molecular flexibility index (Phi) is 6.74. The predicted molar refractivity (Wildman–Crippen MR) is 109 cm³/mol. The van der Waals surface area contributed by atoms with Gasteiger partial charge in [-0.15, -0.1) is 10.2 Å². The van der Waals surface area contributed by atoms with Gasteiger partial charge in [-0.05, 0) is 42.7 Å². The van der Waals surface area contributed by atoms with Gasteiger partial charge in [-0.1, -0.05) is 53.3 Å². The molecule has 2 aromatic carbocycles. The van der Waals surface area contributed by atoms with Gasteiger partial charge in [-0.25, -0.2) is 13.1 Å². The number of anilines is 1. The molecular weight excluding hydrogens is 420 g/mol. The number of carbonyl (C=O) groups is 1. The van der Waals surface area contributed by atoms with Crippen molar-refractivity contribution in [2.45, 2.75) is 17.2 Å². The van der Waals surface area contributed by atoms with Crippen LogP contribution in [0.2, 0.25) is 5.02 Å². The van der Waals surface area contributed by atoms with E-state index in [4.69, 9.17) is 11.6 Å². The van der Waals surface area contributed by atoms with Crippen LogP contribution in [0.15, 0.2) is 58.9 Å². The van der Waals surface area contributed by atoms with Crippen LogP contribution in [0.5, 0.6) is 0 Å². The Morgan fingerprint density at radius 1 is 1.04 bits per heavy atom. The normalized spacial score (nSPS) is 11.3. The number of nitrogens with one attached hydrogen (secondary N) is 2. The molecule has 0 atom stereocenters. The van der Waals surface area contributed by atoms with Gasteiger partial charge in [0.1, 0.15) is 0 Å². The highest BCUT2D eigenvalue weighted by Crippen LogP contribution is 2.20. The molecular formula is C18H17ClN4O3S2. The second kappa shape index (κ2) is 9.24. The van der Waals surface area contributed by atoms with Gasteiger partial charge in [0.05, 0.1) is 0 Å².